The highest BCUT2D eigenvalue weighted by molar-refractivity contribution is 6.32. The Hall–Kier alpha value is -1.46. The van der Waals surface area contributed by atoms with Crippen molar-refractivity contribution in [3.63, 3.8) is 0 Å². The van der Waals surface area contributed by atoms with Gasteiger partial charge in [0, 0.05) is 30.4 Å². The quantitative estimate of drug-likeness (QED) is 0.525. The number of carbonyl (C=O) groups is 2. The van der Waals surface area contributed by atoms with Gasteiger partial charge in [0.05, 0.1) is 0 Å². The molecule has 2 N–H and O–H groups in total. The van der Waals surface area contributed by atoms with E-state index in [0.717, 1.165) is 11.1 Å². The van der Waals surface area contributed by atoms with E-state index in [1.54, 1.807) is 12.1 Å². The molecule has 0 spiro atoms. The van der Waals surface area contributed by atoms with E-state index in [1.807, 2.05) is 13.8 Å². The summed E-state index contributed by atoms with van der Waals surface area (Å²) in [5.74, 6) is 0.757. The average Bonchev–Trinajstić information content (AvgIpc) is 2.52. The number of halogens is 2. The van der Waals surface area contributed by atoms with Gasteiger partial charge in [-0.1, -0.05) is 11.6 Å². The van der Waals surface area contributed by atoms with Crippen LogP contribution in [0.3, 0.4) is 0 Å². The normalized spacial score (nSPS) is 10.3. The molecule has 0 fully saturated rings. The fraction of sp³-hybridized carbons (Fsp3) is 0.500. The second kappa shape index (κ2) is 10.3. The topological polar surface area (TPSA) is 67.4 Å². The van der Waals surface area contributed by atoms with Gasteiger partial charge in [-0.2, -0.15) is 0 Å². The van der Waals surface area contributed by atoms with Crippen LogP contribution >= 0.6 is 23.2 Å². The zero-order chi connectivity index (χ0) is 17.2. The zero-order valence-corrected chi connectivity index (χ0v) is 14.9. The summed E-state index contributed by atoms with van der Waals surface area (Å²) in [6.07, 6.45) is 1.04. The van der Waals surface area contributed by atoms with E-state index >= 15 is 0 Å². The van der Waals surface area contributed by atoms with Crippen LogP contribution in [-0.4, -0.2) is 37.4 Å². The lowest BCUT2D eigenvalue weighted by atomic mass is 10.1. The van der Waals surface area contributed by atoms with E-state index in [2.05, 4.69) is 10.6 Å². The minimum atomic E-state index is -0.245. The molecule has 1 rings (SSSR count). The first-order valence-electron chi connectivity index (χ1n) is 7.43. The van der Waals surface area contributed by atoms with Gasteiger partial charge in [-0.05, 0) is 43.5 Å². The molecule has 0 saturated heterocycles. The van der Waals surface area contributed by atoms with Gasteiger partial charge in [-0.3, -0.25) is 9.59 Å². The maximum Gasteiger partial charge on any atom is 0.258 e. The summed E-state index contributed by atoms with van der Waals surface area (Å²) >= 11 is 11.6. The van der Waals surface area contributed by atoms with Crippen molar-refractivity contribution in [2.24, 2.45) is 0 Å². The van der Waals surface area contributed by atoms with E-state index < -0.39 is 0 Å². The third kappa shape index (κ3) is 7.57. The van der Waals surface area contributed by atoms with Crippen LogP contribution in [0.4, 0.5) is 0 Å². The van der Waals surface area contributed by atoms with E-state index in [9.17, 15) is 9.59 Å². The molecule has 0 atom stereocenters. The number of aryl methyl sites for hydroxylation is 2. The smallest absolute Gasteiger partial charge is 0.258 e. The highest BCUT2D eigenvalue weighted by Crippen LogP contribution is 2.25. The van der Waals surface area contributed by atoms with Crippen molar-refractivity contribution in [1.29, 1.82) is 0 Å². The van der Waals surface area contributed by atoms with E-state index in [1.165, 1.54) is 0 Å². The maximum absolute atomic E-state index is 11.7. The number of hydrogen-bond donors (Lipinski definition) is 2. The Morgan fingerprint density at radius 1 is 1.09 bits per heavy atom. The van der Waals surface area contributed by atoms with Gasteiger partial charge >= 0.3 is 0 Å². The Morgan fingerprint density at radius 3 is 2.22 bits per heavy atom. The Bertz CT molecular complexity index is 527. The van der Waals surface area contributed by atoms with Crippen molar-refractivity contribution in [3.8, 4) is 5.75 Å². The third-order valence-corrected chi connectivity index (χ3v) is 3.95. The molecular formula is C16H22Cl2N2O3. The highest BCUT2D eigenvalue weighted by atomic mass is 35.5. The number of alkyl halides is 1. The first-order chi connectivity index (χ1) is 10.9. The summed E-state index contributed by atoms with van der Waals surface area (Å²) in [6, 6.07) is 3.58. The van der Waals surface area contributed by atoms with Crippen LogP contribution in [0.1, 0.15) is 24.0 Å². The molecule has 0 radical (unpaired) electrons. The van der Waals surface area contributed by atoms with Crippen molar-refractivity contribution in [3.05, 3.63) is 28.3 Å². The number of rotatable bonds is 9. The summed E-state index contributed by atoms with van der Waals surface area (Å²) in [4.78, 5) is 23.0. The predicted molar refractivity (Wildman–Crippen MR) is 92.4 cm³/mol. The molecular weight excluding hydrogens is 339 g/mol. The number of ether oxygens (including phenoxy) is 1. The standard InChI is InChI=1S/C16H22Cl2N2O3/c1-11-8-13(9-12(2)16(11)18)23-10-15(22)20-7-6-19-14(21)4-3-5-17/h8-9H,3-7,10H2,1-2H3,(H,19,21)(H,20,22). The lowest BCUT2D eigenvalue weighted by molar-refractivity contribution is -0.124. The van der Waals surface area contributed by atoms with Crippen LogP contribution in [0.5, 0.6) is 5.75 Å². The van der Waals surface area contributed by atoms with Crippen LogP contribution in [0.15, 0.2) is 12.1 Å². The zero-order valence-electron chi connectivity index (χ0n) is 13.4. The summed E-state index contributed by atoms with van der Waals surface area (Å²) in [6.45, 7) is 4.42. The molecule has 2 amide bonds. The van der Waals surface area contributed by atoms with Crippen molar-refractivity contribution in [2.45, 2.75) is 26.7 Å². The Kier molecular flexibility index (Phi) is 8.81. The lowest BCUT2D eigenvalue weighted by Gasteiger charge is -2.10. The number of carbonyl (C=O) groups excluding carboxylic acids is 2. The Balaban J connectivity index is 2.23. The number of nitrogens with one attached hydrogen (secondary N) is 2. The molecule has 128 valence electrons. The van der Waals surface area contributed by atoms with E-state index in [0.29, 0.717) is 42.6 Å². The molecule has 1 aromatic rings. The fourth-order valence-electron chi connectivity index (χ4n) is 1.91. The van der Waals surface area contributed by atoms with Crippen molar-refractivity contribution in [2.75, 3.05) is 25.6 Å². The van der Waals surface area contributed by atoms with Crippen molar-refractivity contribution < 1.29 is 14.3 Å². The summed E-state index contributed by atoms with van der Waals surface area (Å²) in [7, 11) is 0. The molecule has 0 unspecified atom stereocenters. The molecule has 0 aliphatic carbocycles. The van der Waals surface area contributed by atoms with Crippen LogP contribution in [0.2, 0.25) is 5.02 Å². The fourth-order valence-corrected chi connectivity index (χ4v) is 2.15. The monoisotopic (exact) mass is 360 g/mol. The second-order valence-corrected chi connectivity index (χ2v) is 5.91. The van der Waals surface area contributed by atoms with Crippen LogP contribution in [0.25, 0.3) is 0 Å². The van der Waals surface area contributed by atoms with Gasteiger partial charge in [-0.15, -0.1) is 11.6 Å². The third-order valence-electron chi connectivity index (χ3n) is 3.09. The van der Waals surface area contributed by atoms with Gasteiger partial charge in [0.25, 0.3) is 5.91 Å². The average molecular weight is 361 g/mol. The Labute approximate surface area is 146 Å². The van der Waals surface area contributed by atoms with Gasteiger partial charge in [0.1, 0.15) is 5.75 Å². The van der Waals surface area contributed by atoms with Crippen molar-refractivity contribution in [1.82, 2.24) is 10.6 Å². The number of benzene rings is 1. The molecule has 0 aliphatic rings. The molecule has 0 heterocycles. The van der Waals surface area contributed by atoms with Gasteiger partial charge in [-0.25, -0.2) is 0 Å². The Morgan fingerprint density at radius 2 is 1.65 bits per heavy atom. The molecule has 1 aromatic carbocycles. The first kappa shape index (κ1) is 19.6. The van der Waals surface area contributed by atoms with Gasteiger partial charge in [0.2, 0.25) is 5.91 Å². The largest absolute Gasteiger partial charge is 0.484 e. The minimum Gasteiger partial charge on any atom is -0.484 e. The maximum atomic E-state index is 11.7. The molecule has 0 aliphatic heterocycles. The van der Waals surface area contributed by atoms with Gasteiger partial charge < -0.3 is 15.4 Å². The van der Waals surface area contributed by atoms with Crippen LogP contribution < -0.4 is 15.4 Å². The molecule has 7 heteroatoms. The number of hydrogen-bond acceptors (Lipinski definition) is 3. The summed E-state index contributed by atoms with van der Waals surface area (Å²) in [5, 5.41) is 6.07. The molecule has 5 nitrogen and oxygen atoms in total. The molecule has 23 heavy (non-hydrogen) atoms. The van der Waals surface area contributed by atoms with Crippen LogP contribution in [0, 0.1) is 13.8 Å². The SMILES string of the molecule is Cc1cc(OCC(=O)NCCNC(=O)CCCCl)cc(C)c1Cl. The molecule has 0 saturated carbocycles. The highest BCUT2D eigenvalue weighted by Gasteiger charge is 2.06. The minimum absolute atomic E-state index is 0.0664. The van der Waals surface area contributed by atoms with Crippen molar-refractivity contribution >= 4 is 35.0 Å². The number of amides is 2. The predicted octanol–water partition coefficient (Wildman–Crippen LogP) is 2.59. The lowest BCUT2D eigenvalue weighted by Crippen LogP contribution is -2.36. The van der Waals surface area contributed by atoms with Gasteiger partial charge in [0.15, 0.2) is 6.61 Å². The van der Waals surface area contributed by atoms with Crippen LogP contribution in [-0.2, 0) is 9.59 Å². The first-order valence-corrected chi connectivity index (χ1v) is 8.34. The molecule has 0 aromatic heterocycles. The molecule has 0 bridgehead atoms. The summed E-state index contributed by atoms with van der Waals surface area (Å²) in [5.41, 5.74) is 1.81. The van der Waals surface area contributed by atoms with E-state index in [-0.39, 0.29) is 18.4 Å². The van der Waals surface area contributed by atoms with E-state index in [4.69, 9.17) is 27.9 Å². The second-order valence-electron chi connectivity index (χ2n) is 5.15. The summed E-state index contributed by atoms with van der Waals surface area (Å²) < 4.78 is 5.44.